The molecule has 1 amide bonds. The molecule has 0 aliphatic carbocycles. The van der Waals surface area contributed by atoms with Crippen LogP contribution in [0.1, 0.15) is 17.4 Å². The van der Waals surface area contributed by atoms with Gasteiger partial charge in [-0.05, 0) is 19.1 Å². The lowest BCUT2D eigenvalue weighted by molar-refractivity contribution is 0.0676. The highest BCUT2D eigenvalue weighted by atomic mass is 35.5. The molecule has 6 nitrogen and oxygen atoms in total. The van der Waals surface area contributed by atoms with Crippen molar-refractivity contribution in [3.8, 4) is 5.69 Å². The maximum absolute atomic E-state index is 13.9. The number of aliphatic hydroxyl groups is 1. The highest BCUT2D eigenvalue weighted by Crippen LogP contribution is 2.20. The summed E-state index contributed by atoms with van der Waals surface area (Å²) < 4.78 is 15.0. The summed E-state index contributed by atoms with van der Waals surface area (Å²) in [7, 11) is 1.54. The molecule has 0 aliphatic rings. The molecule has 112 valence electrons. The van der Waals surface area contributed by atoms with E-state index in [1.807, 2.05) is 0 Å². The molecular formula is C13H14ClFN4O2. The second kappa shape index (κ2) is 6.19. The summed E-state index contributed by atoms with van der Waals surface area (Å²) in [5.41, 5.74) is 0.157. The number of carbonyl (C=O) groups excluding carboxylic acids is 1. The number of aromatic nitrogens is 3. The first kappa shape index (κ1) is 15.4. The van der Waals surface area contributed by atoms with Crippen molar-refractivity contribution in [3.05, 3.63) is 40.9 Å². The molecule has 0 fully saturated rings. The Morgan fingerprint density at radius 3 is 2.95 bits per heavy atom. The highest BCUT2D eigenvalue weighted by Gasteiger charge is 2.21. The molecule has 1 atom stereocenters. The number of carbonyl (C=O) groups is 1. The lowest BCUT2D eigenvalue weighted by Gasteiger charge is -2.21. The normalized spacial score (nSPS) is 12.2. The van der Waals surface area contributed by atoms with E-state index in [0.717, 1.165) is 4.68 Å². The van der Waals surface area contributed by atoms with Gasteiger partial charge in [-0.1, -0.05) is 22.9 Å². The average molecular weight is 313 g/mol. The van der Waals surface area contributed by atoms with Gasteiger partial charge in [-0.3, -0.25) is 4.79 Å². The van der Waals surface area contributed by atoms with Crippen LogP contribution in [0.4, 0.5) is 4.39 Å². The molecule has 1 heterocycles. The molecule has 1 unspecified atom stereocenters. The van der Waals surface area contributed by atoms with Crippen LogP contribution in [0.2, 0.25) is 5.02 Å². The molecule has 1 aromatic carbocycles. The van der Waals surface area contributed by atoms with Crippen LogP contribution in [0.15, 0.2) is 24.4 Å². The molecule has 1 N–H and O–H groups in total. The Kier molecular flexibility index (Phi) is 4.54. The third kappa shape index (κ3) is 3.03. The van der Waals surface area contributed by atoms with Crippen molar-refractivity contribution in [3.63, 3.8) is 0 Å². The van der Waals surface area contributed by atoms with Crippen molar-refractivity contribution in [1.82, 2.24) is 19.9 Å². The number of aliphatic hydroxyl groups excluding tert-OH is 1. The first-order chi connectivity index (χ1) is 9.95. The van der Waals surface area contributed by atoms with E-state index in [1.54, 1.807) is 20.0 Å². The molecule has 0 saturated heterocycles. The smallest absolute Gasteiger partial charge is 0.276 e. The Bertz CT molecular complexity index is 661. The minimum atomic E-state index is -0.639. The number of nitrogens with zero attached hydrogens (tertiary/aromatic N) is 4. The van der Waals surface area contributed by atoms with E-state index in [4.69, 9.17) is 16.7 Å². The minimum Gasteiger partial charge on any atom is -0.394 e. The summed E-state index contributed by atoms with van der Waals surface area (Å²) in [6.07, 6.45) is 1.32. The summed E-state index contributed by atoms with van der Waals surface area (Å²) >= 11 is 5.70. The number of hydrogen-bond acceptors (Lipinski definition) is 4. The topological polar surface area (TPSA) is 71.2 Å². The van der Waals surface area contributed by atoms with Crippen LogP contribution in [-0.4, -0.2) is 50.6 Å². The first-order valence-corrected chi connectivity index (χ1v) is 6.58. The lowest BCUT2D eigenvalue weighted by atomic mass is 10.3. The summed E-state index contributed by atoms with van der Waals surface area (Å²) in [6, 6.07) is 4.11. The Balaban J connectivity index is 2.30. The zero-order valence-electron chi connectivity index (χ0n) is 11.5. The Labute approximate surface area is 125 Å². The van der Waals surface area contributed by atoms with Gasteiger partial charge in [0.15, 0.2) is 11.5 Å². The van der Waals surface area contributed by atoms with Gasteiger partial charge in [0.05, 0.1) is 23.9 Å². The number of likely N-dealkylation sites (N-methyl/N-ethyl adjacent to an activating group) is 1. The van der Waals surface area contributed by atoms with Gasteiger partial charge >= 0.3 is 0 Å². The van der Waals surface area contributed by atoms with Crippen LogP contribution in [0.25, 0.3) is 5.69 Å². The highest BCUT2D eigenvalue weighted by molar-refractivity contribution is 6.30. The standard InChI is InChI=1S/C13H14ClFN4O2/c1-8(7-20)18(2)13(21)10-6-19(17-16-10)11-5-3-4-9(14)12(11)15/h3-6,8,20H,7H2,1-2H3. The van der Waals surface area contributed by atoms with E-state index in [-0.39, 0.29) is 29.1 Å². The SMILES string of the molecule is CC(CO)N(C)C(=O)c1cn(-c2cccc(Cl)c2F)nn1. The molecule has 2 rings (SSSR count). The quantitative estimate of drug-likeness (QED) is 0.929. The fraction of sp³-hybridized carbons (Fsp3) is 0.308. The minimum absolute atomic E-state index is 0.0399. The van der Waals surface area contributed by atoms with Gasteiger partial charge in [0.25, 0.3) is 5.91 Å². The molecule has 0 bridgehead atoms. The van der Waals surface area contributed by atoms with Gasteiger partial charge < -0.3 is 10.0 Å². The fourth-order valence-electron chi connectivity index (χ4n) is 1.65. The van der Waals surface area contributed by atoms with E-state index in [1.165, 1.54) is 23.2 Å². The summed E-state index contributed by atoms with van der Waals surface area (Å²) in [4.78, 5) is 13.5. The van der Waals surface area contributed by atoms with Gasteiger partial charge in [-0.15, -0.1) is 5.10 Å². The lowest BCUT2D eigenvalue weighted by Crippen LogP contribution is -2.37. The Morgan fingerprint density at radius 1 is 1.57 bits per heavy atom. The number of amides is 1. The molecule has 0 spiro atoms. The van der Waals surface area contributed by atoms with Gasteiger partial charge in [-0.25, -0.2) is 9.07 Å². The van der Waals surface area contributed by atoms with E-state index in [2.05, 4.69) is 10.3 Å². The molecule has 8 heteroatoms. The number of rotatable bonds is 4. The van der Waals surface area contributed by atoms with E-state index in [0.29, 0.717) is 0 Å². The predicted molar refractivity (Wildman–Crippen MR) is 75.0 cm³/mol. The molecule has 2 aromatic rings. The zero-order chi connectivity index (χ0) is 15.6. The van der Waals surface area contributed by atoms with Crippen molar-refractivity contribution in [2.75, 3.05) is 13.7 Å². The van der Waals surface area contributed by atoms with E-state index in [9.17, 15) is 9.18 Å². The summed E-state index contributed by atoms with van der Waals surface area (Å²) in [5.74, 6) is -1.05. The first-order valence-electron chi connectivity index (χ1n) is 6.20. The average Bonchev–Trinajstić information content (AvgIpc) is 2.97. The monoisotopic (exact) mass is 312 g/mol. The Morgan fingerprint density at radius 2 is 2.29 bits per heavy atom. The maximum atomic E-state index is 13.9. The zero-order valence-corrected chi connectivity index (χ0v) is 12.3. The van der Waals surface area contributed by atoms with E-state index >= 15 is 0 Å². The number of halogens is 2. The summed E-state index contributed by atoms with van der Waals surface area (Å²) in [6.45, 7) is 1.53. The molecular weight excluding hydrogens is 299 g/mol. The van der Waals surface area contributed by atoms with Gasteiger partial charge in [0.2, 0.25) is 0 Å². The van der Waals surface area contributed by atoms with Crippen LogP contribution < -0.4 is 0 Å². The van der Waals surface area contributed by atoms with Crippen molar-refractivity contribution in [2.45, 2.75) is 13.0 Å². The van der Waals surface area contributed by atoms with Gasteiger partial charge in [0.1, 0.15) is 5.69 Å². The fourth-order valence-corrected chi connectivity index (χ4v) is 1.82. The van der Waals surface area contributed by atoms with Crippen LogP contribution in [0, 0.1) is 5.82 Å². The maximum Gasteiger partial charge on any atom is 0.276 e. The molecule has 0 saturated carbocycles. The van der Waals surface area contributed by atoms with Crippen molar-refractivity contribution in [1.29, 1.82) is 0 Å². The second-order valence-corrected chi connectivity index (χ2v) is 4.98. The largest absolute Gasteiger partial charge is 0.394 e. The molecule has 21 heavy (non-hydrogen) atoms. The van der Waals surface area contributed by atoms with E-state index < -0.39 is 11.7 Å². The number of hydrogen-bond donors (Lipinski definition) is 1. The third-order valence-corrected chi connectivity index (χ3v) is 3.43. The second-order valence-electron chi connectivity index (χ2n) is 4.57. The van der Waals surface area contributed by atoms with Crippen LogP contribution >= 0.6 is 11.6 Å². The predicted octanol–water partition coefficient (Wildman–Crippen LogP) is 1.51. The van der Waals surface area contributed by atoms with Crippen LogP contribution in [0.5, 0.6) is 0 Å². The molecule has 1 aromatic heterocycles. The molecule has 0 radical (unpaired) electrons. The van der Waals surface area contributed by atoms with Crippen molar-refractivity contribution >= 4 is 17.5 Å². The molecule has 0 aliphatic heterocycles. The Hall–Kier alpha value is -1.99. The van der Waals surface area contributed by atoms with Crippen molar-refractivity contribution < 1.29 is 14.3 Å². The van der Waals surface area contributed by atoms with Gasteiger partial charge in [0, 0.05) is 7.05 Å². The van der Waals surface area contributed by atoms with Gasteiger partial charge in [-0.2, -0.15) is 0 Å². The van der Waals surface area contributed by atoms with Crippen molar-refractivity contribution in [2.24, 2.45) is 0 Å². The van der Waals surface area contributed by atoms with Crippen LogP contribution in [-0.2, 0) is 0 Å². The third-order valence-electron chi connectivity index (χ3n) is 3.14. The van der Waals surface area contributed by atoms with Crippen LogP contribution in [0.3, 0.4) is 0 Å². The summed E-state index contributed by atoms with van der Waals surface area (Å²) in [5, 5.41) is 16.5. The number of benzene rings is 1.